The predicted molar refractivity (Wildman–Crippen MR) is 53.6 cm³/mol. The van der Waals surface area contributed by atoms with Crippen molar-refractivity contribution in [2.24, 2.45) is 9.98 Å². The molecule has 0 saturated carbocycles. The molecule has 2 aliphatic heterocycles. The van der Waals surface area contributed by atoms with Gasteiger partial charge in [-0.05, 0) is 32.8 Å². The predicted octanol–water partition coefficient (Wildman–Crippen LogP) is 0.974. The highest BCUT2D eigenvalue weighted by atomic mass is 79.9. The number of epoxide rings is 1. The smallest absolute Gasteiger partial charge is 0.370 e. The highest BCUT2D eigenvalue weighted by Gasteiger charge is 2.51. The summed E-state index contributed by atoms with van der Waals surface area (Å²) in [5, 5.41) is 10.4. The molecule has 6 nitrogen and oxygen atoms in total. The van der Waals surface area contributed by atoms with E-state index in [1.165, 1.54) is 6.21 Å². The van der Waals surface area contributed by atoms with Crippen molar-refractivity contribution in [3.8, 4) is 0 Å². The molecule has 2 unspecified atom stereocenters. The fraction of sp³-hybridized carbons (Fsp3) is 0.714. The monoisotopic (exact) mass is 261 g/mol. The number of nitrogens with zero attached hydrogens (tertiary/aromatic N) is 3. The highest BCUT2D eigenvalue weighted by molar-refractivity contribution is 9.10. The molecule has 0 N–H and O–H groups in total. The van der Waals surface area contributed by atoms with Gasteiger partial charge in [-0.1, -0.05) is 0 Å². The van der Waals surface area contributed by atoms with Gasteiger partial charge in [0.2, 0.25) is 0 Å². The molecule has 0 bridgehead atoms. The zero-order chi connectivity index (χ0) is 10.4. The van der Waals surface area contributed by atoms with Gasteiger partial charge in [0.15, 0.2) is 0 Å². The van der Waals surface area contributed by atoms with E-state index in [2.05, 4.69) is 25.9 Å². The van der Waals surface area contributed by atoms with Crippen molar-refractivity contribution in [3.05, 3.63) is 10.1 Å². The molecule has 2 heterocycles. The number of ether oxygens (including phenoxy) is 1. The molecule has 2 rings (SSSR count). The molecule has 2 atom stereocenters. The summed E-state index contributed by atoms with van der Waals surface area (Å²) in [6, 6.07) is 0. The van der Waals surface area contributed by atoms with Crippen LogP contribution in [-0.4, -0.2) is 33.8 Å². The number of halogens is 1. The zero-order valence-corrected chi connectivity index (χ0v) is 9.02. The first-order valence-corrected chi connectivity index (χ1v) is 4.84. The van der Waals surface area contributed by atoms with Crippen LogP contribution in [0.5, 0.6) is 0 Å². The van der Waals surface area contributed by atoms with Gasteiger partial charge >= 0.3 is 5.84 Å². The van der Waals surface area contributed by atoms with Gasteiger partial charge in [0.05, 0.1) is 18.6 Å². The van der Waals surface area contributed by atoms with E-state index in [1.54, 1.807) is 0 Å². The van der Waals surface area contributed by atoms with Crippen LogP contribution < -0.4 is 0 Å². The number of nitro groups is 1. The maximum atomic E-state index is 10.4. The van der Waals surface area contributed by atoms with Gasteiger partial charge in [0.1, 0.15) is 6.21 Å². The Morgan fingerprint density at radius 1 is 1.86 bits per heavy atom. The number of hydrogen-bond donors (Lipinski definition) is 0. The van der Waals surface area contributed by atoms with Gasteiger partial charge < -0.3 is 14.9 Å². The van der Waals surface area contributed by atoms with Gasteiger partial charge in [-0.2, -0.15) is 0 Å². The van der Waals surface area contributed by atoms with Crippen LogP contribution in [0.4, 0.5) is 0 Å². The molecule has 1 saturated heterocycles. The first-order chi connectivity index (χ1) is 6.43. The topological polar surface area (TPSA) is 80.4 Å². The van der Waals surface area contributed by atoms with Crippen LogP contribution in [0.3, 0.4) is 0 Å². The Hall–Kier alpha value is -0.820. The molecule has 0 aromatic heterocycles. The standard InChI is InChI=1S/C7H8BrN3O3/c1-6(4-14-6)3-7(8)9-2-5(10-7)11(12)13/h2H,3-4H2,1H3. The molecule has 0 aliphatic carbocycles. The van der Waals surface area contributed by atoms with Gasteiger partial charge in [-0.15, -0.1) is 0 Å². The zero-order valence-electron chi connectivity index (χ0n) is 7.44. The lowest BCUT2D eigenvalue weighted by molar-refractivity contribution is -0.345. The first-order valence-electron chi connectivity index (χ1n) is 4.05. The maximum Gasteiger partial charge on any atom is 0.379 e. The van der Waals surface area contributed by atoms with E-state index in [4.69, 9.17) is 4.74 Å². The molecule has 0 spiro atoms. The van der Waals surface area contributed by atoms with E-state index in [1.807, 2.05) is 6.92 Å². The molecule has 0 aromatic carbocycles. The Labute approximate surface area is 88.3 Å². The molecule has 0 aromatic rings. The van der Waals surface area contributed by atoms with E-state index >= 15 is 0 Å². The summed E-state index contributed by atoms with van der Waals surface area (Å²) in [7, 11) is 0. The molecule has 14 heavy (non-hydrogen) atoms. The fourth-order valence-electron chi connectivity index (χ4n) is 1.26. The maximum absolute atomic E-state index is 10.4. The van der Waals surface area contributed by atoms with E-state index in [0.717, 1.165) is 0 Å². The van der Waals surface area contributed by atoms with Crippen molar-refractivity contribution in [3.63, 3.8) is 0 Å². The Morgan fingerprint density at radius 3 is 2.93 bits per heavy atom. The quantitative estimate of drug-likeness (QED) is 0.244. The molecule has 0 radical (unpaired) electrons. The molecule has 2 aliphatic rings. The number of hydrogen-bond acceptors (Lipinski definition) is 5. The van der Waals surface area contributed by atoms with Crippen LogP contribution >= 0.6 is 15.9 Å². The van der Waals surface area contributed by atoms with Crippen molar-refractivity contribution in [1.82, 2.24) is 0 Å². The number of alkyl halides is 1. The van der Waals surface area contributed by atoms with Crippen molar-refractivity contribution < 1.29 is 9.66 Å². The van der Waals surface area contributed by atoms with E-state index in [-0.39, 0.29) is 11.4 Å². The summed E-state index contributed by atoms with van der Waals surface area (Å²) in [6.45, 7) is 2.57. The second kappa shape index (κ2) is 2.83. The second-order valence-electron chi connectivity index (χ2n) is 3.62. The Bertz CT molecular complexity index is 350. The lowest BCUT2D eigenvalue weighted by atomic mass is 10.1. The summed E-state index contributed by atoms with van der Waals surface area (Å²) in [6.07, 6.45) is 1.67. The van der Waals surface area contributed by atoms with Crippen molar-refractivity contribution in [2.45, 2.75) is 23.5 Å². The van der Waals surface area contributed by atoms with E-state index in [9.17, 15) is 10.1 Å². The third-order valence-corrected chi connectivity index (χ3v) is 2.75. The summed E-state index contributed by atoms with van der Waals surface area (Å²) < 4.78 is 4.27. The Kier molecular flexibility index (Phi) is 1.97. The number of amidine groups is 1. The lowest BCUT2D eigenvalue weighted by Gasteiger charge is -2.11. The summed E-state index contributed by atoms with van der Waals surface area (Å²) in [5.41, 5.74) is -0.240. The third kappa shape index (κ3) is 1.83. The SMILES string of the molecule is CC1(CC2(Br)N=CC([N+](=O)[O-])=N2)CO1. The fourth-order valence-corrected chi connectivity index (χ4v) is 2.14. The Morgan fingerprint density at radius 2 is 2.50 bits per heavy atom. The van der Waals surface area contributed by atoms with Crippen molar-refractivity contribution in [1.29, 1.82) is 0 Å². The molecule has 7 heteroatoms. The average Bonchev–Trinajstić information content (AvgIpc) is 2.61. The molecular formula is C7H8BrN3O3. The first kappa shape index (κ1) is 9.72. The summed E-state index contributed by atoms with van der Waals surface area (Å²) in [5.74, 6) is -0.217. The van der Waals surface area contributed by atoms with Crippen LogP contribution in [0.25, 0.3) is 0 Å². The van der Waals surface area contributed by atoms with Crippen LogP contribution in [0.1, 0.15) is 13.3 Å². The van der Waals surface area contributed by atoms with E-state index in [0.29, 0.717) is 13.0 Å². The number of aliphatic imine (C=N–C) groups is 2. The largest absolute Gasteiger partial charge is 0.379 e. The minimum Gasteiger partial charge on any atom is -0.370 e. The summed E-state index contributed by atoms with van der Waals surface area (Å²) >= 11 is 3.26. The molecule has 76 valence electrons. The van der Waals surface area contributed by atoms with Gasteiger partial charge in [-0.25, -0.2) is 4.99 Å². The van der Waals surface area contributed by atoms with Crippen molar-refractivity contribution >= 4 is 28.0 Å². The third-order valence-electron chi connectivity index (χ3n) is 2.09. The van der Waals surface area contributed by atoms with Gasteiger partial charge in [-0.3, -0.25) is 0 Å². The minimum atomic E-state index is -0.902. The highest BCUT2D eigenvalue weighted by Crippen LogP contribution is 2.41. The molecule has 1 fully saturated rings. The average molecular weight is 262 g/mol. The van der Waals surface area contributed by atoms with E-state index < -0.39 is 9.50 Å². The summed E-state index contributed by atoms with van der Waals surface area (Å²) in [4.78, 5) is 17.7. The van der Waals surface area contributed by atoms with Crippen LogP contribution in [-0.2, 0) is 4.74 Å². The number of rotatable bonds is 2. The van der Waals surface area contributed by atoms with Gasteiger partial charge in [0.25, 0.3) is 4.57 Å². The van der Waals surface area contributed by atoms with Crippen LogP contribution in [0.2, 0.25) is 0 Å². The lowest BCUT2D eigenvalue weighted by Crippen LogP contribution is -2.22. The van der Waals surface area contributed by atoms with Crippen LogP contribution in [0.15, 0.2) is 9.98 Å². The second-order valence-corrected chi connectivity index (χ2v) is 4.89. The van der Waals surface area contributed by atoms with Gasteiger partial charge in [0, 0.05) is 0 Å². The molecule has 0 amide bonds. The Balaban J connectivity index is 2.12. The minimum absolute atomic E-state index is 0.217. The molecular weight excluding hydrogens is 254 g/mol. The normalized spacial score (nSPS) is 39.7. The van der Waals surface area contributed by atoms with Crippen LogP contribution in [0, 0.1) is 10.1 Å². The van der Waals surface area contributed by atoms with Crippen molar-refractivity contribution in [2.75, 3.05) is 6.61 Å².